The molecule has 0 fully saturated rings. The quantitative estimate of drug-likeness (QED) is 0.602. The van der Waals surface area contributed by atoms with E-state index in [0.29, 0.717) is 17.2 Å². The van der Waals surface area contributed by atoms with Crippen molar-refractivity contribution in [3.63, 3.8) is 0 Å². The lowest BCUT2D eigenvalue weighted by molar-refractivity contribution is 0.0457. The number of esters is 2. The van der Waals surface area contributed by atoms with Crippen LogP contribution in [0, 0.1) is 5.92 Å². The van der Waals surface area contributed by atoms with E-state index >= 15 is 0 Å². The maximum Gasteiger partial charge on any atom is 0.345 e. The molecule has 0 aliphatic rings. The van der Waals surface area contributed by atoms with Gasteiger partial charge in [-0.05, 0) is 36.2 Å². The van der Waals surface area contributed by atoms with Gasteiger partial charge in [-0.1, -0.05) is 43.6 Å². The van der Waals surface area contributed by atoms with Crippen molar-refractivity contribution in [1.29, 1.82) is 0 Å². The van der Waals surface area contributed by atoms with E-state index in [2.05, 4.69) is 0 Å². The van der Waals surface area contributed by atoms with Crippen molar-refractivity contribution in [3.05, 3.63) is 64.7 Å². The van der Waals surface area contributed by atoms with Gasteiger partial charge in [0.25, 0.3) is 0 Å². The van der Waals surface area contributed by atoms with Crippen LogP contribution >= 0.6 is 11.6 Å². The van der Waals surface area contributed by atoms with Crippen LogP contribution in [0.25, 0.3) is 0 Å². The first-order chi connectivity index (χ1) is 11.0. The van der Waals surface area contributed by atoms with E-state index in [-0.39, 0.29) is 17.2 Å². The molecular weight excluding hydrogens is 316 g/mol. The molecule has 2 rings (SSSR count). The molecule has 0 spiro atoms. The Morgan fingerprint density at radius 2 is 1.78 bits per heavy atom. The van der Waals surface area contributed by atoms with Crippen LogP contribution in [0.1, 0.15) is 34.6 Å². The van der Waals surface area contributed by atoms with E-state index in [4.69, 9.17) is 21.1 Å². The fraction of sp³-hybridized carbons (Fsp3) is 0.222. The summed E-state index contributed by atoms with van der Waals surface area (Å²) in [4.78, 5) is 24.0. The minimum absolute atomic E-state index is 0.250. The molecule has 0 saturated carbocycles. The Balaban J connectivity index is 2.09. The zero-order valence-electron chi connectivity index (χ0n) is 12.9. The van der Waals surface area contributed by atoms with Gasteiger partial charge in [0.15, 0.2) is 0 Å². The fourth-order valence-electron chi connectivity index (χ4n) is 1.80. The summed E-state index contributed by atoms with van der Waals surface area (Å²) >= 11 is 5.96. The Kier molecular flexibility index (Phi) is 5.77. The lowest BCUT2D eigenvalue weighted by atomic mass is 10.2. The number of benzene rings is 2. The summed E-state index contributed by atoms with van der Waals surface area (Å²) in [6.07, 6.45) is 0. The monoisotopic (exact) mass is 332 g/mol. The number of carbonyl (C=O) groups is 2. The third-order valence-corrected chi connectivity index (χ3v) is 3.25. The number of carbonyl (C=O) groups excluding carboxylic acids is 2. The number of hydrogen-bond acceptors (Lipinski definition) is 4. The van der Waals surface area contributed by atoms with Crippen LogP contribution in [0.2, 0.25) is 5.02 Å². The smallest absolute Gasteiger partial charge is 0.345 e. The second kappa shape index (κ2) is 7.79. The largest absolute Gasteiger partial charge is 0.462 e. The highest BCUT2D eigenvalue weighted by atomic mass is 35.5. The molecule has 0 atom stereocenters. The summed E-state index contributed by atoms with van der Waals surface area (Å²) in [5.41, 5.74) is 0.595. The zero-order valence-corrected chi connectivity index (χ0v) is 13.7. The van der Waals surface area contributed by atoms with Gasteiger partial charge in [0.2, 0.25) is 0 Å². The molecule has 0 amide bonds. The molecule has 0 N–H and O–H groups in total. The van der Waals surface area contributed by atoms with Gasteiger partial charge in [0.05, 0.1) is 22.8 Å². The SMILES string of the molecule is CC(C)COC(=O)c1cccc(OC(=O)c2ccccc2Cl)c1. The first-order valence-corrected chi connectivity index (χ1v) is 7.59. The highest BCUT2D eigenvalue weighted by molar-refractivity contribution is 6.33. The summed E-state index contributed by atoms with van der Waals surface area (Å²) in [5.74, 6) is -0.522. The number of halogens is 1. The Morgan fingerprint density at radius 3 is 2.48 bits per heavy atom. The van der Waals surface area contributed by atoms with E-state index < -0.39 is 11.9 Å². The predicted molar refractivity (Wildman–Crippen MR) is 88.0 cm³/mol. The van der Waals surface area contributed by atoms with Crippen LogP contribution in [-0.4, -0.2) is 18.5 Å². The van der Waals surface area contributed by atoms with Crippen LogP contribution < -0.4 is 4.74 Å². The highest BCUT2D eigenvalue weighted by Crippen LogP contribution is 2.20. The van der Waals surface area contributed by atoms with Gasteiger partial charge in [-0.15, -0.1) is 0 Å². The molecule has 2 aromatic rings. The molecule has 5 heteroatoms. The van der Waals surface area contributed by atoms with Crippen molar-refractivity contribution in [2.24, 2.45) is 5.92 Å². The van der Waals surface area contributed by atoms with Crippen molar-refractivity contribution in [2.75, 3.05) is 6.61 Å². The molecule has 0 unspecified atom stereocenters. The Hall–Kier alpha value is -2.33. The molecule has 0 aliphatic heterocycles. The first-order valence-electron chi connectivity index (χ1n) is 7.21. The van der Waals surface area contributed by atoms with Gasteiger partial charge >= 0.3 is 11.9 Å². The molecule has 0 aromatic heterocycles. The molecule has 23 heavy (non-hydrogen) atoms. The van der Waals surface area contributed by atoms with E-state index in [1.165, 1.54) is 6.07 Å². The van der Waals surface area contributed by atoms with Gasteiger partial charge in [-0.2, -0.15) is 0 Å². The van der Waals surface area contributed by atoms with Crippen LogP contribution in [0.3, 0.4) is 0 Å². The molecule has 120 valence electrons. The minimum Gasteiger partial charge on any atom is -0.462 e. The molecule has 0 aliphatic carbocycles. The summed E-state index contributed by atoms with van der Waals surface area (Å²) in [5, 5.41) is 0.310. The molecule has 4 nitrogen and oxygen atoms in total. The van der Waals surface area contributed by atoms with E-state index in [1.807, 2.05) is 13.8 Å². The lowest BCUT2D eigenvalue weighted by Gasteiger charge is -2.09. The zero-order chi connectivity index (χ0) is 16.8. The van der Waals surface area contributed by atoms with Crippen molar-refractivity contribution >= 4 is 23.5 Å². The minimum atomic E-state index is -0.580. The van der Waals surface area contributed by atoms with Gasteiger partial charge in [-0.3, -0.25) is 0 Å². The van der Waals surface area contributed by atoms with Crippen molar-refractivity contribution in [2.45, 2.75) is 13.8 Å². The first kappa shape index (κ1) is 17.0. The Labute approximate surface area is 140 Å². The van der Waals surface area contributed by atoms with Gasteiger partial charge in [-0.25, -0.2) is 9.59 Å². The van der Waals surface area contributed by atoms with Gasteiger partial charge in [0, 0.05) is 0 Å². The summed E-state index contributed by atoms with van der Waals surface area (Å²) in [7, 11) is 0. The third-order valence-electron chi connectivity index (χ3n) is 2.92. The summed E-state index contributed by atoms with van der Waals surface area (Å²) in [6, 6.07) is 12.9. The molecule has 2 aromatic carbocycles. The second-order valence-electron chi connectivity index (χ2n) is 5.39. The average Bonchev–Trinajstić information content (AvgIpc) is 2.53. The number of hydrogen-bond donors (Lipinski definition) is 0. The van der Waals surface area contributed by atoms with Crippen molar-refractivity contribution in [1.82, 2.24) is 0 Å². The summed E-state index contributed by atoms with van der Waals surface area (Å²) in [6.45, 7) is 4.24. The summed E-state index contributed by atoms with van der Waals surface area (Å²) < 4.78 is 10.4. The van der Waals surface area contributed by atoms with Crippen LogP contribution in [0.15, 0.2) is 48.5 Å². The lowest BCUT2D eigenvalue weighted by Crippen LogP contribution is -2.12. The maximum absolute atomic E-state index is 12.1. The topological polar surface area (TPSA) is 52.6 Å². The fourth-order valence-corrected chi connectivity index (χ4v) is 2.01. The average molecular weight is 333 g/mol. The van der Waals surface area contributed by atoms with Gasteiger partial charge < -0.3 is 9.47 Å². The maximum atomic E-state index is 12.1. The molecule has 0 radical (unpaired) electrons. The van der Waals surface area contributed by atoms with E-state index in [1.54, 1.807) is 42.5 Å². The number of ether oxygens (including phenoxy) is 2. The van der Waals surface area contributed by atoms with Crippen molar-refractivity contribution in [3.8, 4) is 5.75 Å². The molecular formula is C18H17ClO4. The Morgan fingerprint density at radius 1 is 1.04 bits per heavy atom. The van der Waals surface area contributed by atoms with Gasteiger partial charge in [0.1, 0.15) is 5.75 Å². The molecule has 0 heterocycles. The van der Waals surface area contributed by atoms with Crippen LogP contribution in [0.4, 0.5) is 0 Å². The Bertz CT molecular complexity index is 710. The normalized spacial score (nSPS) is 10.4. The molecule has 0 saturated heterocycles. The van der Waals surface area contributed by atoms with Crippen LogP contribution in [-0.2, 0) is 4.74 Å². The molecule has 0 bridgehead atoms. The van der Waals surface area contributed by atoms with E-state index in [0.717, 1.165) is 0 Å². The highest BCUT2D eigenvalue weighted by Gasteiger charge is 2.14. The van der Waals surface area contributed by atoms with E-state index in [9.17, 15) is 9.59 Å². The standard InChI is InChI=1S/C18H17ClO4/c1-12(2)11-22-17(20)13-6-5-7-14(10-13)23-18(21)15-8-3-4-9-16(15)19/h3-10,12H,11H2,1-2H3. The van der Waals surface area contributed by atoms with Crippen LogP contribution in [0.5, 0.6) is 5.75 Å². The second-order valence-corrected chi connectivity index (χ2v) is 5.80. The number of rotatable bonds is 5. The third kappa shape index (κ3) is 4.83. The van der Waals surface area contributed by atoms with Crippen molar-refractivity contribution < 1.29 is 19.1 Å². The predicted octanol–water partition coefficient (Wildman–Crippen LogP) is 4.37.